The lowest BCUT2D eigenvalue weighted by Crippen LogP contribution is -1.90. The van der Waals surface area contributed by atoms with E-state index in [0.717, 1.165) is 28.4 Å². The van der Waals surface area contributed by atoms with E-state index in [-0.39, 0.29) is 0 Å². The van der Waals surface area contributed by atoms with Crippen LogP contribution < -0.4 is 4.74 Å². The van der Waals surface area contributed by atoms with Crippen LogP contribution in [0.15, 0.2) is 42.5 Å². The minimum atomic E-state index is 0.834. The molecule has 0 atom stereocenters. The maximum Gasteiger partial charge on any atom is 0.129 e. The Morgan fingerprint density at radius 1 is 1.00 bits per heavy atom. The van der Waals surface area contributed by atoms with Crippen LogP contribution in [-0.2, 0) is 7.05 Å². The Morgan fingerprint density at radius 3 is 2.58 bits per heavy atom. The molecule has 96 valence electrons. The topological polar surface area (TPSA) is 27.1 Å². The summed E-state index contributed by atoms with van der Waals surface area (Å²) in [7, 11) is 2.01. The lowest BCUT2D eigenvalue weighted by Gasteiger charge is -2.06. The predicted molar refractivity (Wildman–Crippen MR) is 76.7 cm³/mol. The number of hydrogen-bond donors (Lipinski definition) is 0. The van der Waals surface area contributed by atoms with Gasteiger partial charge in [-0.2, -0.15) is 0 Å². The van der Waals surface area contributed by atoms with Gasteiger partial charge in [0.1, 0.15) is 17.3 Å². The van der Waals surface area contributed by atoms with E-state index >= 15 is 0 Å². The van der Waals surface area contributed by atoms with Gasteiger partial charge in [0.2, 0.25) is 0 Å². The van der Waals surface area contributed by atoms with E-state index in [2.05, 4.69) is 22.5 Å². The van der Waals surface area contributed by atoms with Crippen LogP contribution in [0, 0.1) is 13.8 Å². The number of ether oxygens (including phenoxy) is 1. The van der Waals surface area contributed by atoms with Gasteiger partial charge < -0.3 is 9.30 Å². The first-order valence-electron chi connectivity index (χ1n) is 6.31. The molecular weight excluding hydrogens is 236 g/mol. The van der Waals surface area contributed by atoms with Gasteiger partial charge in [0.25, 0.3) is 0 Å². The van der Waals surface area contributed by atoms with Crippen molar-refractivity contribution in [1.29, 1.82) is 0 Å². The minimum Gasteiger partial charge on any atom is -0.457 e. The molecule has 0 aliphatic heterocycles. The SMILES string of the molecule is Cc1cccc(Oc2ccc3nc(C)n(C)c3c2)c1. The van der Waals surface area contributed by atoms with Crippen LogP contribution in [0.3, 0.4) is 0 Å². The van der Waals surface area contributed by atoms with Crippen molar-refractivity contribution in [2.75, 3.05) is 0 Å². The van der Waals surface area contributed by atoms with Gasteiger partial charge in [-0.3, -0.25) is 0 Å². The predicted octanol–water partition coefficient (Wildman–Crippen LogP) is 3.98. The fraction of sp³-hybridized carbons (Fsp3) is 0.188. The summed E-state index contributed by atoms with van der Waals surface area (Å²) in [4.78, 5) is 4.48. The van der Waals surface area contributed by atoms with Crippen molar-refractivity contribution in [2.45, 2.75) is 13.8 Å². The van der Waals surface area contributed by atoms with Gasteiger partial charge in [-0.1, -0.05) is 12.1 Å². The molecule has 0 saturated carbocycles. The third-order valence-electron chi connectivity index (χ3n) is 3.30. The van der Waals surface area contributed by atoms with Gasteiger partial charge >= 0.3 is 0 Å². The molecule has 1 aromatic heterocycles. The van der Waals surface area contributed by atoms with Crippen LogP contribution in [0.25, 0.3) is 11.0 Å². The summed E-state index contributed by atoms with van der Waals surface area (Å²) < 4.78 is 7.96. The Balaban J connectivity index is 1.99. The molecule has 3 nitrogen and oxygen atoms in total. The lowest BCUT2D eigenvalue weighted by atomic mass is 10.2. The zero-order chi connectivity index (χ0) is 13.4. The molecule has 0 fully saturated rings. The van der Waals surface area contributed by atoms with E-state index in [4.69, 9.17) is 4.74 Å². The Hall–Kier alpha value is -2.29. The highest BCUT2D eigenvalue weighted by Gasteiger charge is 2.06. The Morgan fingerprint density at radius 2 is 1.79 bits per heavy atom. The van der Waals surface area contributed by atoms with Gasteiger partial charge in [0.15, 0.2) is 0 Å². The number of fused-ring (bicyclic) bond motifs is 1. The summed E-state index contributed by atoms with van der Waals surface area (Å²) in [6.45, 7) is 4.06. The molecule has 0 amide bonds. The third-order valence-corrected chi connectivity index (χ3v) is 3.30. The van der Waals surface area contributed by atoms with Crippen LogP contribution in [0.4, 0.5) is 0 Å². The summed E-state index contributed by atoms with van der Waals surface area (Å²) in [5, 5.41) is 0. The van der Waals surface area contributed by atoms with Gasteiger partial charge in [-0.25, -0.2) is 4.98 Å². The van der Waals surface area contributed by atoms with E-state index in [1.807, 2.05) is 50.4 Å². The number of hydrogen-bond acceptors (Lipinski definition) is 2. The molecular formula is C16H16N2O. The second kappa shape index (κ2) is 4.43. The first-order chi connectivity index (χ1) is 9.13. The molecule has 0 radical (unpaired) electrons. The van der Waals surface area contributed by atoms with Crippen LogP contribution in [0.5, 0.6) is 11.5 Å². The van der Waals surface area contributed by atoms with Gasteiger partial charge in [-0.15, -0.1) is 0 Å². The molecule has 0 N–H and O–H groups in total. The van der Waals surface area contributed by atoms with Crippen LogP contribution in [-0.4, -0.2) is 9.55 Å². The zero-order valence-electron chi connectivity index (χ0n) is 11.3. The molecule has 3 heteroatoms. The zero-order valence-corrected chi connectivity index (χ0v) is 11.3. The van der Waals surface area contributed by atoms with E-state index in [1.54, 1.807) is 0 Å². The van der Waals surface area contributed by atoms with Gasteiger partial charge in [0.05, 0.1) is 11.0 Å². The average molecular weight is 252 g/mol. The van der Waals surface area contributed by atoms with Crippen molar-refractivity contribution in [3.63, 3.8) is 0 Å². The number of aromatic nitrogens is 2. The quantitative estimate of drug-likeness (QED) is 0.689. The lowest BCUT2D eigenvalue weighted by molar-refractivity contribution is 0.483. The van der Waals surface area contributed by atoms with Crippen molar-refractivity contribution in [3.05, 3.63) is 53.9 Å². The monoisotopic (exact) mass is 252 g/mol. The molecule has 1 heterocycles. The van der Waals surface area contributed by atoms with Crippen LogP contribution in [0.2, 0.25) is 0 Å². The van der Waals surface area contributed by atoms with Crippen molar-refractivity contribution < 1.29 is 4.74 Å². The smallest absolute Gasteiger partial charge is 0.129 e. The molecule has 0 aliphatic rings. The molecule has 0 unspecified atom stereocenters. The van der Waals surface area contributed by atoms with Crippen molar-refractivity contribution in [3.8, 4) is 11.5 Å². The van der Waals surface area contributed by atoms with E-state index < -0.39 is 0 Å². The largest absolute Gasteiger partial charge is 0.457 e. The number of imidazole rings is 1. The summed E-state index contributed by atoms with van der Waals surface area (Å²) in [5.41, 5.74) is 3.27. The first kappa shape index (κ1) is 11.8. The van der Waals surface area contributed by atoms with E-state index in [9.17, 15) is 0 Å². The third kappa shape index (κ3) is 2.19. The molecule has 19 heavy (non-hydrogen) atoms. The summed E-state index contributed by atoms with van der Waals surface area (Å²) in [6.07, 6.45) is 0. The van der Waals surface area contributed by atoms with Crippen molar-refractivity contribution in [2.24, 2.45) is 7.05 Å². The number of rotatable bonds is 2. The molecule has 0 aliphatic carbocycles. The molecule has 0 saturated heterocycles. The Labute approximate surface area is 112 Å². The first-order valence-corrected chi connectivity index (χ1v) is 6.31. The van der Waals surface area contributed by atoms with Gasteiger partial charge in [-0.05, 0) is 43.7 Å². The Bertz CT molecular complexity index is 744. The Kier molecular flexibility index (Phi) is 2.75. The van der Waals surface area contributed by atoms with E-state index in [0.29, 0.717) is 0 Å². The second-order valence-electron chi connectivity index (χ2n) is 4.79. The molecule has 3 rings (SSSR count). The molecule has 0 spiro atoms. The highest BCUT2D eigenvalue weighted by molar-refractivity contribution is 5.77. The number of aryl methyl sites for hydroxylation is 3. The molecule has 3 aromatic rings. The van der Waals surface area contributed by atoms with E-state index in [1.165, 1.54) is 5.56 Å². The standard InChI is InChI=1S/C16H16N2O/c1-11-5-4-6-13(9-11)19-14-7-8-15-16(10-14)18(3)12(2)17-15/h4-10H,1-3H3. The van der Waals surface area contributed by atoms with Crippen LogP contribution >= 0.6 is 0 Å². The fourth-order valence-electron chi connectivity index (χ4n) is 2.17. The number of nitrogens with zero attached hydrogens (tertiary/aromatic N) is 2. The minimum absolute atomic E-state index is 0.834. The highest BCUT2D eigenvalue weighted by atomic mass is 16.5. The maximum absolute atomic E-state index is 5.89. The maximum atomic E-state index is 5.89. The number of benzene rings is 2. The second-order valence-corrected chi connectivity index (χ2v) is 4.79. The average Bonchev–Trinajstić information content (AvgIpc) is 2.66. The fourth-order valence-corrected chi connectivity index (χ4v) is 2.17. The van der Waals surface area contributed by atoms with Crippen molar-refractivity contribution >= 4 is 11.0 Å². The normalized spacial score (nSPS) is 10.9. The molecule has 2 aromatic carbocycles. The van der Waals surface area contributed by atoms with Crippen LogP contribution in [0.1, 0.15) is 11.4 Å². The van der Waals surface area contributed by atoms with Crippen molar-refractivity contribution in [1.82, 2.24) is 9.55 Å². The summed E-state index contributed by atoms with van der Waals surface area (Å²) in [5.74, 6) is 2.70. The molecule has 0 bridgehead atoms. The summed E-state index contributed by atoms with van der Waals surface area (Å²) in [6, 6.07) is 14.0. The highest BCUT2D eigenvalue weighted by Crippen LogP contribution is 2.26. The summed E-state index contributed by atoms with van der Waals surface area (Å²) >= 11 is 0. The van der Waals surface area contributed by atoms with Gasteiger partial charge in [0, 0.05) is 13.1 Å².